The standard InChI is InChI=1S/C17H23F3N4O3/c1-10-6-14(17(18,19)20)22-24(10)8-15(26)23-5-4-12(9-25)13(7-23)21-16(27)11-2-3-11/h6,11-13,25H,2-5,7-9H2,1H3,(H,21,27)/t12-,13-/m1/s1. The van der Waals surface area contributed by atoms with Crippen LogP contribution in [0, 0.1) is 18.8 Å². The molecule has 0 radical (unpaired) electrons. The second-order valence-corrected chi connectivity index (χ2v) is 7.29. The molecule has 0 aromatic carbocycles. The number of nitrogens with one attached hydrogen (secondary N) is 1. The van der Waals surface area contributed by atoms with E-state index in [0.29, 0.717) is 13.0 Å². The molecule has 27 heavy (non-hydrogen) atoms. The molecular weight excluding hydrogens is 365 g/mol. The molecule has 10 heteroatoms. The molecule has 0 spiro atoms. The van der Waals surface area contributed by atoms with Gasteiger partial charge in [-0.15, -0.1) is 0 Å². The number of piperidine rings is 1. The Hall–Kier alpha value is -2.10. The van der Waals surface area contributed by atoms with Crippen molar-refractivity contribution in [3.63, 3.8) is 0 Å². The van der Waals surface area contributed by atoms with E-state index in [1.807, 2.05) is 0 Å². The van der Waals surface area contributed by atoms with Gasteiger partial charge >= 0.3 is 6.18 Å². The molecule has 1 saturated carbocycles. The highest BCUT2D eigenvalue weighted by atomic mass is 19.4. The topological polar surface area (TPSA) is 87.5 Å². The van der Waals surface area contributed by atoms with E-state index in [1.165, 1.54) is 11.8 Å². The summed E-state index contributed by atoms with van der Waals surface area (Å²) in [5.41, 5.74) is -0.777. The number of hydrogen-bond donors (Lipinski definition) is 2. The summed E-state index contributed by atoms with van der Waals surface area (Å²) in [5, 5.41) is 15.9. The molecule has 2 atom stereocenters. The van der Waals surface area contributed by atoms with Gasteiger partial charge < -0.3 is 15.3 Å². The van der Waals surface area contributed by atoms with Crippen molar-refractivity contribution in [2.24, 2.45) is 11.8 Å². The average molecular weight is 388 g/mol. The maximum Gasteiger partial charge on any atom is 0.435 e. The van der Waals surface area contributed by atoms with Crippen molar-refractivity contribution in [2.75, 3.05) is 19.7 Å². The minimum atomic E-state index is -4.56. The van der Waals surface area contributed by atoms with E-state index in [4.69, 9.17) is 0 Å². The summed E-state index contributed by atoms with van der Waals surface area (Å²) in [4.78, 5) is 26.1. The molecule has 1 aliphatic carbocycles. The average Bonchev–Trinajstić information content (AvgIpc) is 3.38. The van der Waals surface area contributed by atoms with E-state index in [2.05, 4.69) is 10.4 Å². The Morgan fingerprint density at radius 3 is 2.59 bits per heavy atom. The highest BCUT2D eigenvalue weighted by molar-refractivity contribution is 5.81. The molecule has 1 aromatic rings. The van der Waals surface area contributed by atoms with Crippen LogP contribution in [0.2, 0.25) is 0 Å². The third-order valence-electron chi connectivity index (χ3n) is 5.18. The lowest BCUT2D eigenvalue weighted by Gasteiger charge is -2.38. The molecule has 2 heterocycles. The van der Waals surface area contributed by atoms with Gasteiger partial charge in [0.05, 0.1) is 6.04 Å². The first kappa shape index (κ1) is 19.7. The van der Waals surface area contributed by atoms with E-state index in [9.17, 15) is 27.9 Å². The number of carbonyl (C=O) groups is 2. The van der Waals surface area contributed by atoms with Crippen molar-refractivity contribution >= 4 is 11.8 Å². The lowest BCUT2D eigenvalue weighted by atomic mass is 9.92. The molecule has 0 bridgehead atoms. The van der Waals surface area contributed by atoms with Gasteiger partial charge in [-0.25, -0.2) is 0 Å². The molecule has 2 fully saturated rings. The van der Waals surface area contributed by atoms with E-state index in [0.717, 1.165) is 23.6 Å². The lowest BCUT2D eigenvalue weighted by molar-refractivity contribution is -0.142. The lowest BCUT2D eigenvalue weighted by Crippen LogP contribution is -2.55. The van der Waals surface area contributed by atoms with Crippen molar-refractivity contribution in [1.82, 2.24) is 20.0 Å². The number of likely N-dealkylation sites (tertiary alicyclic amines) is 1. The largest absolute Gasteiger partial charge is 0.435 e. The van der Waals surface area contributed by atoms with Crippen LogP contribution in [-0.2, 0) is 22.3 Å². The number of aromatic nitrogens is 2. The molecule has 2 aliphatic rings. The molecule has 7 nitrogen and oxygen atoms in total. The van der Waals surface area contributed by atoms with Gasteiger partial charge in [0.1, 0.15) is 6.54 Å². The van der Waals surface area contributed by atoms with Gasteiger partial charge in [-0.3, -0.25) is 14.3 Å². The highest BCUT2D eigenvalue weighted by Gasteiger charge is 2.37. The first-order valence-corrected chi connectivity index (χ1v) is 8.99. The summed E-state index contributed by atoms with van der Waals surface area (Å²) in [6, 6.07) is 0.550. The number of halogens is 3. The van der Waals surface area contributed by atoms with E-state index < -0.39 is 11.9 Å². The van der Waals surface area contributed by atoms with Crippen LogP contribution in [0.3, 0.4) is 0 Å². The predicted molar refractivity (Wildman–Crippen MR) is 88.4 cm³/mol. The summed E-state index contributed by atoms with van der Waals surface area (Å²) in [7, 11) is 0. The van der Waals surface area contributed by atoms with Crippen LogP contribution in [-0.4, -0.2) is 57.3 Å². The third-order valence-corrected chi connectivity index (χ3v) is 5.18. The van der Waals surface area contributed by atoms with Crippen molar-refractivity contribution in [3.8, 4) is 0 Å². The Morgan fingerprint density at radius 2 is 2.04 bits per heavy atom. The molecular formula is C17H23F3N4O3. The number of nitrogens with zero attached hydrogens (tertiary/aromatic N) is 3. The summed E-state index contributed by atoms with van der Waals surface area (Å²) in [5.74, 6) is -0.551. The maximum absolute atomic E-state index is 12.8. The van der Waals surface area contributed by atoms with Gasteiger partial charge in [0, 0.05) is 37.2 Å². The minimum Gasteiger partial charge on any atom is -0.396 e. The number of alkyl halides is 3. The molecule has 0 unspecified atom stereocenters. The van der Waals surface area contributed by atoms with Gasteiger partial charge in [0.2, 0.25) is 11.8 Å². The number of hydrogen-bond acceptors (Lipinski definition) is 4. The van der Waals surface area contributed by atoms with Crippen molar-refractivity contribution < 1.29 is 27.9 Å². The number of carbonyl (C=O) groups excluding carboxylic acids is 2. The number of amides is 2. The second-order valence-electron chi connectivity index (χ2n) is 7.29. The van der Waals surface area contributed by atoms with Gasteiger partial charge in [0.25, 0.3) is 0 Å². The molecule has 2 amide bonds. The van der Waals surface area contributed by atoms with Crippen LogP contribution in [0.15, 0.2) is 6.07 Å². The van der Waals surface area contributed by atoms with Crippen LogP contribution in [0.1, 0.15) is 30.7 Å². The number of aliphatic hydroxyl groups is 1. The molecule has 1 aromatic heterocycles. The monoisotopic (exact) mass is 388 g/mol. The van der Waals surface area contributed by atoms with Crippen molar-refractivity contribution in [1.29, 1.82) is 0 Å². The minimum absolute atomic E-state index is 0.0166. The third kappa shape index (κ3) is 4.60. The first-order valence-electron chi connectivity index (χ1n) is 8.99. The SMILES string of the molecule is Cc1cc(C(F)(F)F)nn1CC(=O)N1CC[C@H](CO)[C@H](NC(=O)C2CC2)C1. The zero-order valence-electron chi connectivity index (χ0n) is 15.0. The Bertz CT molecular complexity index is 715. The summed E-state index contributed by atoms with van der Waals surface area (Å²) < 4.78 is 39.3. The van der Waals surface area contributed by atoms with Crippen LogP contribution in [0.5, 0.6) is 0 Å². The van der Waals surface area contributed by atoms with Gasteiger partial charge in [-0.05, 0) is 32.3 Å². The number of aryl methyl sites for hydroxylation is 1. The molecule has 2 N–H and O–H groups in total. The molecule has 1 saturated heterocycles. The van der Waals surface area contributed by atoms with Crippen LogP contribution in [0.25, 0.3) is 0 Å². The van der Waals surface area contributed by atoms with E-state index in [-0.39, 0.29) is 55.1 Å². The van der Waals surface area contributed by atoms with E-state index in [1.54, 1.807) is 0 Å². The molecule has 150 valence electrons. The summed E-state index contributed by atoms with van der Waals surface area (Å²) in [6.07, 6.45) is -2.34. The fraction of sp³-hybridized carbons (Fsp3) is 0.706. The Kier molecular flexibility index (Phi) is 5.45. The fourth-order valence-electron chi connectivity index (χ4n) is 3.29. The Balaban J connectivity index is 1.64. The highest BCUT2D eigenvalue weighted by Crippen LogP contribution is 2.30. The predicted octanol–water partition coefficient (Wildman–Crippen LogP) is 0.946. The quantitative estimate of drug-likeness (QED) is 0.786. The van der Waals surface area contributed by atoms with Crippen molar-refractivity contribution in [3.05, 3.63) is 17.5 Å². The number of aliphatic hydroxyl groups excluding tert-OH is 1. The van der Waals surface area contributed by atoms with Gasteiger partial charge in [-0.1, -0.05) is 0 Å². The fourth-order valence-corrected chi connectivity index (χ4v) is 3.29. The summed E-state index contributed by atoms with van der Waals surface area (Å²) in [6.45, 7) is 1.69. The smallest absolute Gasteiger partial charge is 0.396 e. The van der Waals surface area contributed by atoms with Gasteiger partial charge in [0.15, 0.2) is 5.69 Å². The van der Waals surface area contributed by atoms with Gasteiger partial charge in [-0.2, -0.15) is 18.3 Å². The van der Waals surface area contributed by atoms with Crippen LogP contribution >= 0.6 is 0 Å². The zero-order chi connectivity index (χ0) is 19.8. The van der Waals surface area contributed by atoms with E-state index >= 15 is 0 Å². The Morgan fingerprint density at radius 1 is 1.33 bits per heavy atom. The maximum atomic E-state index is 12.8. The van der Waals surface area contributed by atoms with Crippen LogP contribution < -0.4 is 5.32 Å². The first-order chi connectivity index (χ1) is 12.7. The number of rotatable bonds is 5. The zero-order valence-corrected chi connectivity index (χ0v) is 15.0. The molecule has 3 rings (SSSR count). The van der Waals surface area contributed by atoms with Crippen LogP contribution in [0.4, 0.5) is 13.2 Å². The Labute approximate surface area is 154 Å². The normalized spacial score (nSPS) is 23.4. The second kappa shape index (κ2) is 7.49. The summed E-state index contributed by atoms with van der Waals surface area (Å²) >= 11 is 0. The molecule has 1 aliphatic heterocycles. The van der Waals surface area contributed by atoms with Crippen molar-refractivity contribution in [2.45, 2.75) is 44.9 Å².